The lowest BCUT2D eigenvalue weighted by molar-refractivity contribution is 0.246. The summed E-state index contributed by atoms with van der Waals surface area (Å²) in [5, 5.41) is 27.5. The van der Waals surface area contributed by atoms with Crippen molar-refractivity contribution in [2.24, 2.45) is 0 Å². The number of anilines is 2. The number of methoxy groups -OCH3 is 1. The first-order valence-corrected chi connectivity index (χ1v) is 11.2. The number of fused-ring (bicyclic) bond motifs is 1. The van der Waals surface area contributed by atoms with E-state index in [1.807, 2.05) is 55.6 Å². The number of ether oxygens (including phenoxy) is 1. The van der Waals surface area contributed by atoms with Crippen LogP contribution in [-0.4, -0.2) is 55.7 Å². The first kappa shape index (κ1) is 23.0. The molecule has 9 heteroatoms. The smallest absolute Gasteiger partial charge is 0.319 e. The van der Waals surface area contributed by atoms with Crippen molar-refractivity contribution in [2.75, 3.05) is 37.5 Å². The van der Waals surface area contributed by atoms with Crippen LogP contribution in [0.4, 0.5) is 16.3 Å². The molecule has 1 aromatic heterocycles. The highest BCUT2D eigenvalue weighted by atomic mass is 16.5. The van der Waals surface area contributed by atoms with Crippen LogP contribution in [0, 0.1) is 5.41 Å². The maximum Gasteiger partial charge on any atom is 0.319 e. The Kier molecular flexibility index (Phi) is 7.22. The zero-order valence-corrected chi connectivity index (χ0v) is 19.3. The third-order valence-corrected chi connectivity index (χ3v) is 5.92. The summed E-state index contributed by atoms with van der Waals surface area (Å²) >= 11 is 0. The Balaban J connectivity index is 1.42. The number of benzene rings is 2. The van der Waals surface area contributed by atoms with Gasteiger partial charge >= 0.3 is 6.03 Å². The van der Waals surface area contributed by atoms with Gasteiger partial charge in [0, 0.05) is 48.9 Å². The number of allylic oxidation sites excluding steroid dienone is 1. The van der Waals surface area contributed by atoms with Crippen LogP contribution in [0.2, 0.25) is 0 Å². The summed E-state index contributed by atoms with van der Waals surface area (Å²) in [7, 11) is 3.42. The number of nitrogens with one attached hydrogen (secondary N) is 4. The average molecular weight is 460 g/mol. The van der Waals surface area contributed by atoms with Gasteiger partial charge < -0.3 is 31.0 Å². The van der Waals surface area contributed by atoms with Crippen molar-refractivity contribution in [3.8, 4) is 5.75 Å². The van der Waals surface area contributed by atoms with Gasteiger partial charge in [0.2, 0.25) is 0 Å². The number of carbonyl (C=O) groups excluding carboxylic acids is 1. The van der Waals surface area contributed by atoms with Gasteiger partial charge in [0.1, 0.15) is 11.4 Å². The molecule has 0 spiro atoms. The molecule has 176 valence electrons. The number of hydrogen-bond acceptors (Lipinski definition) is 7. The predicted molar refractivity (Wildman–Crippen MR) is 136 cm³/mol. The van der Waals surface area contributed by atoms with Crippen LogP contribution >= 0.6 is 0 Å². The molecule has 9 nitrogen and oxygen atoms in total. The van der Waals surface area contributed by atoms with E-state index in [0.29, 0.717) is 0 Å². The molecule has 2 heterocycles. The number of amides is 2. The van der Waals surface area contributed by atoms with Crippen molar-refractivity contribution < 1.29 is 9.53 Å². The number of piperidine rings is 1. The lowest BCUT2D eigenvalue weighted by atomic mass is 10.0. The highest BCUT2D eigenvalue weighted by Gasteiger charge is 2.24. The fraction of sp³-hybridized carbons (Fsp3) is 0.280. The maximum absolute atomic E-state index is 12.4. The van der Waals surface area contributed by atoms with Crippen molar-refractivity contribution in [3.63, 3.8) is 0 Å². The first-order chi connectivity index (χ1) is 16.6. The van der Waals surface area contributed by atoms with Crippen molar-refractivity contribution >= 4 is 40.2 Å². The molecule has 34 heavy (non-hydrogen) atoms. The molecule has 0 unspecified atom stereocenters. The van der Waals surface area contributed by atoms with Gasteiger partial charge in [0.25, 0.3) is 0 Å². The Labute approximate surface area is 198 Å². The number of carbonyl (C=O) groups is 1. The van der Waals surface area contributed by atoms with Crippen LogP contribution in [0.15, 0.2) is 54.6 Å². The highest BCUT2D eigenvalue weighted by molar-refractivity contribution is 5.99. The molecule has 1 fully saturated rings. The standard InChI is InChI=1S/C25H29N7O2/c1-27-22(11-14-26)23-20-5-3-4-6-21(20)24(31-30-23)32-15-12-18(13-16-32)29-25(33)28-17-7-9-19(34-2)10-8-17/h3-11,14,18,26-27H,12-13,15-16H2,1-2H3,(H2,28,29,33)/b22-11-,26-14?. The van der Waals surface area contributed by atoms with Crippen molar-refractivity contribution in [2.45, 2.75) is 18.9 Å². The van der Waals surface area contributed by atoms with Crippen molar-refractivity contribution in [3.05, 3.63) is 60.3 Å². The van der Waals surface area contributed by atoms with Crippen LogP contribution in [-0.2, 0) is 0 Å². The van der Waals surface area contributed by atoms with Gasteiger partial charge in [0.15, 0.2) is 5.82 Å². The van der Waals surface area contributed by atoms with Crippen molar-refractivity contribution in [1.82, 2.24) is 20.8 Å². The Morgan fingerprint density at radius 3 is 2.44 bits per heavy atom. The SMILES string of the molecule is CN/C(=C\C=N)c1nnc(N2CCC(NC(=O)Nc3ccc(OC)cc3)CC2)c2ccccc12. The second-order valence-electron chi connectivity index (χ2n) is 8.00. The second-order valence-corrected chi connectivity index (χ2v) is 8.00. The molecule has 3 aromatic rings. The second kappa shape index (κ2) is 10.7. The van der Waals surface area contributed by atoms with E-state index in [9.17, 15) is 4.79 Å². The molecule has 1 aliphatic heterocycles. The van der Waals surface area contributed by atoms with Crippen LogP contribution in [0.25, 0.3) is 16.5 Å². The van der Waals surface area contributed by atoms with Gasteiger partial charge in [-0.1, -0.05) is 24.3 Å². The molecule has 0 atom stereocenters. The topological polar surface area (TPSA) is 115 Å². The third-order valence-electron chi connectivity index (χ3n) is 5.92. The molecule has 4 rings (SSSR count). The van der Waals surface area contributed by atoms with Crippen molar-refractivity contribution in [1.29, 1.82) is 5.41 Å². The van der Waals surface area contributed by atoms with E-state index >= 15 is 0 Å². The Hall–Kier alpha value is -4.14. The van der Waals surface area contributed by atoms with Crippen LogP contribution in [0.1, 0.15) is 18.5 Å². The molecule has 1 saturated heterocycles. The largest absolute Gasteiger partial charge is 0.497 e. The van der Waals surface area contributed by atoms with E-state index in [-0.39, 0.29) is 12.1 Å². The number of aromatic nitrogens is 2. The Morgan fingerprint density at radius 2 is 1.79 bits per heavy atom. The predicted octanol–water partition coefficient (Wildman–Crippen LogP) is 3.64. The van der Waals surface area contributed by atoms with E-state index in [1.54, 1.807) is 13.2 Å². The summed E-state index contributed by atoms with van der Waals surface area (Å²) in [5.41, 5.74) is 2.18. The van der Waals surface area contributed by atoms with Gasteiger partial charge in [-0.25, -0.2) is 4.79 Å². The molecular weight excluding hydrogens is 430 g/mol. The minimum absolute atomic E-state index is 0.0828. The number of nitrogens with zero attached hydrogens (tertiary/aromatic N) is 3. The summed E-state index contributed by atoms with van der Waals surface area (Å²) in [6.07, 6.45) is 4.52. The summed E-state index contributed by atoms with van der Waals surface area (Å²) in [6.45, 7) is 1.53. The molecule has 0 radical (unpaired) electrons. The summed E-state index contributed by atoms with van der Waals surface area (Å²) < 4.78 is 5.15. The van der Waals surface area contributed by atoms with Crippen LogP contribution in [0.3, 0.4) is 0 Å². The molecule has 0 aliphatic carbocycles. The fourth-order valence-corrected chi connectivity index (χ4v) is 4.15. The third kappa shape index (κ3) is 5.09. The van der Waals surface area contributed by atoms with Crippen LogP contribution < -0.4 is 25.6 Å². The normalized spacial score (nSPS) is 14.5. The first-order valence-electron chi connectivity index (χ1n) is 11.2. The molecule has 0 bridgehead atoms. The van der Waals surface area contributed by atoms with Crippen LogP contribution in [0.5, 0.6) is 5.75 Å². The zero-order valence-electron chi connectivity index (χ0n) is 19.3. The fourth-order valence-electron chi connectivity index (χ4n) is 4.15. The van der Waals surface area contributed by atoms with Gasteiger partial charge in [-0.15, -0.1) is 10.2 Å². The molecule has 2 aromatic carbocycles. The van der Waals surface area contributed by atoms with E-state index in [4.69, 9.17) is 10.1 Å². The summed E-state index contributed by atoms with van der Waals surface area (Å²) in [4.78, 5) is 14.6. The quantitative estimate of drug-likeness (QED) is 0.401. The van der Waals surface area contributed by atoms with E-state index in [2.05, 4.69) is 31.0 Å². The maximum atomic E-state index is 12.4. The monoisotopic (exact) mass is 459 g/mol. The van der Waals surface area contributed by atoms with Gasteiger partial charge in [-0.2, -0.15) is 0 Å². The molecule has 1 aliphatic rings. The minimum atomic E-state index is -0.212. The van der Waals surface area contributed by atoms with Gasteiger partial charge in [-0.05, 0) is 43.2 Å². The number of hydrogen-bond donors (Lipinski definition) is 4. The van der Waals surface area contributed by atoms with Gasteiger partial charge in [-0.3, -0.25) is 0 Å². The van der Waals surface area contributed by atoms with Gasteiger partial charge in [0.05, 0.1) is 12.8 Å². The zero-order chi connectivity index (χ0) is 23.9. The Morgan fingerprint density at radius 1 is 1.09 bits per heavy atom. The highest BCUT2D eigenvalue weighted by Crippen LogP contribution is 2.30. The number of urea groups is 1. The Bertz CT molecular complexity index is 1190. The molecule has 0 saturated carbocycles. The minimum Gasteiger partial charge on any atom is -0.497 e. The van der Waals surface area contributed by atoms with E-state index in [1.165, 1.54) is 6.21 Å². The lowest BCUT2D eigenvalue weighted by Gasteiger charge is -2.33. The van der Waals surface area contributed by atoms with E-state index in [0.717, 1.165) is 65.3 Å². The summed E-state index contributed by atoms with van der Waals surface area (Å²) in [5.74, 6) is 1.58. The average Bonchev–Trinajstić information content (AvgIpc) is 2.88. The molecule has 4 N–H and O–H groups in total. The lowest BCUT2D eigenvalue weighted by Crippen LogP contribution is -2.46. The molecular formula is C25H29N7O2. The molecule has 2 amide bonds. The summed E-state index contributed by atoms with van der Waals surface area (Å²) in [6, 6.07) is 15.2. The van der Waals surface area contributed by atoms with E-state index < -0.39 is 0 Å². The number of rotatable bonds is 7.